The maximum Gasteiger partial charge on any atom is 0.227 e. The second kappa shape index (κ2) is 6.28. The van der Waals surface area contributed by atoms with Crippen LogP contribution in [0.25, 0.3) is 10.9 Å². The van der Waals surface area contributed by atoms with Gasteiger partial charge >= 0.3 is 0 Å². The molecule has 0 N–H and O–H groups in total. The number of likely N-dealkylation sites (N-methyl/N-ethyl adjacent to an activating group) is 1. The number of sulfone groups is 1. The number of hydrogen-bond donors (Lipinski definition) is 0. The molecule has 0 bridgehead atoms. The van der Waals surface area contributed by atoms with Crippen LogP contribution in [0.2, 0.25) is 0 Å². The first-order valence-electron chi connectivity index (χ1n) is 7.82. The molecular formula is C17H20N2O3S. The van der Waals surface area contributed by atoms with Crippen LogP contribution in [0.3, 0.4) is 0 Å². The van der Waals surface area contributed by atoms with Crippen LogP contribution in [0.1, 0.15) is 18.9 Å². The Bertz CT molecular complexity index is 827. The lowest BCUT2D eigenvalue weighted by Crippen LogP contribution is -2.41. The summed E-state index contributed by atoms with van der Waals surface area (Å²) in [5.74, 6) is 0.227. The Labute approximate surface area is 136 Å². The lowest BCUT2D eigenvalue weighted by molar-refractivity contribution is -0.132. The number of carbonyl (C=O) groups is 1. The summed E-state index contributed by atoms with van der Waals surface area (Å²) in [6, 6.07) is 9.44. The molecule has 1 fully saturated rings. The Hall–Kier alpha value is -1.95. The minimum absolute atomic E-state index is 0.0345. The summed E-state index contributed by atoms with van der Waals surface area (Å²) in [5.41, 5.74) is 1.71. The van der Waals surface area contributed by atoms with Crippen LogP contribution in [0.15, 0.2) is 36.5 Å². The number of rotatable bonds is 4. The third kappa shape index (κ3) is 3.37. The van der Waals surface area contributed by atoms with Crippen LogP contribution in [-0.2, 0) is 21.1 Å². The fraction of sp³-hybridized carbons (Fsp3) is 0.412. The van der Waals surface area contributed by atoms with Gasteiger partial charge in [-0.25, -0.2) is 8.42 Å². The third-order valence-electron chi connectivity index (χ3n) is 4.37. The topological polar surface area (TPSA) is 67.3 Å². The fourth-order valence-electron chi connectivity index (χ4n) is 3.23. The predicted octanol–water partition coefficient (Wildman–Crippen LogP) is 1.81. The van der Waals surface area contributed by atoms with Gasteiger partial charge in [-0.05, 0) is 25.0 Å². The summed E-state index contributed by atoms with van der Waals surface area (Å²) >= 11 is 0. The van der Waals surface area contributed by atoms with Crippen LogP contribution < -0.4 is 0 Å². The van der Waals surface area contributed by atoms with Crippen LogP contribution in [0.5, 0.6) is 0 Å². The van der Waals surface area contributed by atoms with Gasteiger partial charge in [-0.15, -0.1) is 0 Å². The molecule has 5 nitrogen and oxygen atoms in total. The summed E-state index contributed by atoms with van der Waals surface area (Å²) < 4.78 is 23.3. The van der Waals surface area contributed by atoms with Crippen LogP contribution in [-0.4, -0.2) is 48.3 Å². The highest BCUT2D eigenvalue weighted by atomic mass is 32.2. The van der Waals surface area contributed by atoms with E-state index in [9.17, 15) is 13.2 Å². The van der Waals surface area contributed by atoms with Crippen molar-refractivity contribution in [1.29, 1.82) is 0 Å². The van der Waals surface area contributed by atoms with Crippen molar-refractivity contribution in [3.05, 3.63) is 42.1 Å². The highest BCUT2D eigenvalue weighted by Crippen LogP contribution is 2.21. The molecule has 2 heterocycles. The van der Waals surface area contributed by atoms with Gasteiger partial charge in [0.1, 0.15) is 0 Å². The van der Waals surface area contributed by atoms with Crippen LogP contribution in [0, 0.1) is 0 Å². The second-order valence-corrected chi connectivity index (χ2v) is 8.13. The predicted molar refractivity (Wildman–Crippen MR) is 89.9 cm³/mol. The number of fused-ring (bicyclic) bond motifs is 1. The number of hydrogen-bond acceptors (Lipinski definition) is 4. The van der Waals surface area contributed by atoms with Gasteiger partial charge in [0.05, 0.1) is 23.4 Å². The van der Waals surface area contributed by atoms with Crippen molar-refractivity contribution in [2.75, 3.05) is 18.1 Å². The van der Waals surface area contributed by atoms with Gasteiger partial charge in [0, 0.05) is 24.2 Å². The van der Waals surface area contributed by atoms with E-state index in [1.54, 1.807) is 11.1 Å². The second-order valence-electron chi connectivity index (χ2n) is 5.91. The van der Waals surface area contributed by atoms with Crippen LogP contribution >= 0.6 is 0 Å². The van der Waals surface area contributed by atoms with E-state index in [0.717, 1.165) is 16.5 Å². The first kappa shape index (κ1) is 15.9. The summed E-state index contributed by atoms with van der Waals surface area (Å²) in [6.07, 6.45) is 2.51. The average molecular weight is 332 g/mol. The maximum atomic E-state index is 12.7. The molecular weight excluding hydrogens is 312 g/mol. The molecule has 122 valence electrons. The van der Waals surface area contributed by atoms with E-state index < -0.39 is 9.84 Å². The lowest BCUT2D eigenvalue weighted by atomic mass is 10.1. The molecule has 0 aliphatic carbocycles. The molecule has 1 aliphatic rings. The molecule has 1 atom stereocenters. The minimum atomic E-state index is -3.00. The zero-order chi connectivity index (χ0) is 16.4. The largest absolute Gasteiger partial charge is 0.339 e. The van der Waals surface area contributed by atoms with E-state index in [-0.39, 0.29) is 29.9 Å². The minimum Gasteiger partial charge on any atom is -0.339 e. The number of aromatic nitrogens is 1. The number of carbonyl (C=O) groups excluding carboxylic acids is 1. The van der Waals surface area contributed by atoms with E-state index >= 15 is 0 Å². The van der Waals surface area contributed by atoms with E-state index in [4.69, 9.17) is 0 Å². The molecule has 1 aromatic heterocycles. The van der Waals surface area contributed by atoms with Gasteiger partial charge in [-0.3, -0.25) is 9.78 Å². The molecule has 1 saturated heterocycles. The van der Waals surface area contributed by atoms with Gasteiger partial charge < -0.3 is 4.90 Å². The monoisotopic (exact) mass is 332 g/mol. The molecule has 0 unspecified atom stereocenters. The van der Waals surface area contributed by atoms with Gasteiger partial charge in [-0.2, -0.15) is 0 Å². The molecule has 23 heavy (non-hydrogen) atoms. The number of pyridine rings is 1. The van der Waals surface area contributed by atoms with E-state index in [1.807, 2.05) is 37.3 Å². The molecule has 0 radical (unpaired) electrons. The SMILES string of the molecule is CCN(C(=O)Cc1cccc2cccnc12)[C@@H]1CCS(=O)(=O)C1. The van der Waals surface area contributed by atoms with Crippen molar-refractivity contribution in [2.45, 2.75) is 25.8 Å². The molecule has 2 aromatic rings. The van der Waals surface area contributed by atoms with E-state index in [1.165, 1.54) is 0 Å². The Morgan fingerprint density at radius 3 is 2.78 bits per heavy atom. The molecule has 0 spiro atoms. The zero-order valence-corrected chi connectivity index (χ0v) is 13.9. The quantitative estimate of drug-likeness (QED) is 0.856. The standard InChI is InChI=1S/C17H20N2O3S/c1-2-19(15-8-10-23(21,22)12-15)16(20)11-14-6-3-5-13-7-4-9-18-17(13)14/h3-7,9,15H,2,8,10-12H2,1H3/t15-/m1/s1. The molecule has 6 heteroatoms. The summed E-state index contributed by atoms with van der Waals surface area (Å²) in [4.78, 5) is 18.8. The van der Waals surface area contributed by atoms with Gasteiger partial charge in [0.25, 0.3) is 0 Å². The van der Waals surface area contributed by atoms with Gasteiger partial charge in [0.15, 0.2) is 9.84 Å². The summed E-state index contributed by atoms with van der Waals surface area (Å²) in [5, 5.41) is 1.00. The molecule has 3 rings (SSSR count). The van der Waals surface area contributed by atoms with E-state index in [0.29, 0.717) is 13.0 Å². The molecule has 1 aliphatic heterocycles. The average Bonchev–Trinajstić information content (AvgIpc) is 2.88. The molecule has 0 saturated carbocycles. The number of benzene rings is 1. The molecule has 1 amide bonds. The Morgan fingerprint density at radius 2 is 2.09 bits per heavy atom. The number of nitrogens with zero attached hydrogens (tertiary/aromatic N) is 2. The fourth-order valence-corrected chi connectivity index (χ4v) is 4.96. The van der Waals surface area contributed by atoms with Gasteiger partial charge in [-0.1, -0.05) is 24.3 Å². The normalized spacial score (nSPS) is 19.8. The van der Waals surface area contributed by atoms with E-state index in [2.05, 4.69) is 4.98 Å². The Balaban J connectivity index is 1.82. The third-order valence-corrected chi connectivity index (χ3v) is 6.12. The lowest BCUT2D eigenvalue weighted by Gasteiger charge is -2.27. The first-order valence-corrected chi connectivity index (χ1v) is 9.65. The van der Waals surface area contributed by atoms with Crippen molar-refractivity contribution in [2.24, 2.45) is 0 Å². The zero-order valence-electron chi connectivity index (χ0n) is 13.1. The number of para-hydroxylation sites is 1. The highest BCUT2D eigenvalue weighted by molar-refractivity contribution is 7.91. The van der Waals surface area contributed by atoms with Crippen molar-refractivity contribution in [3.63, 3.8) is 0 Å². The molecule has 1 aromatic carbocycles. The van der Waals surface area contributed by atoms with Crippen molar-refractivity contribution >= 4 is 26.6 Å². The number of amides is 1. The Kier molecular flexibility index (Phi) is 4.35. The first-order chi connectivity index (χ1) is 11.0. The van der Waals surface area contributed by atoms with Crippen molar-refractivity contribution in [1.82, 2.24) is 9.88 Å². The summed E-state index contributed by atoms with van der Waals surface area (Å²) in [7, 11) is -3.00. The Morgan fingerprint density at radius 1 is 1.30 bits per heavy atom. The summed E-state index contributed by atoms with van der Waals surface area (Å²) in [6.45, 7) is 2.42. The van der Waals surface area contributed by atoms with Crippen LogP contribution in [0.4, 0.5) is 0 Å². The maximum absolute atomic E-state index is 12.7. The van der Waals surface area contributed by atoms with Crippen molar-refractivity contribution < 1.29 is 13.2 Å². The highest BCUT2D eigenvalue weighted by Gasteiger charge is 2.33. The van der Waals surface area contributed by atoms with Crippen molar-refractivity contribution in [3.8, 4) is 0 Å². The van der Waals surface area contributed by atoms with Gasteiger partial charge in [0.2, 0.25) is 5.91 Å². The smallest absolute Gasteiger partial charge is 0.227 e.